The SMILES string of the molecule is CCCNC(=O)c1ccnc(C(C)(C)C)c1. The molecule has 1 N–H and O–H groups in total. The minimum Gasteiger partial charge on any atom is -0.352 e. The highest BCUT2D eigenvalue weighted by molar-refractivity contribution is 5.94. The van der Waals surface area contributed by atoms with Crippen molar-refractivity contribution in [3.05, 3.63) is 29.6 Å². The Morgan fingerprint density at radius 3 is 2.69 bits per heavy atom. The van der Waals surface area contributed by atoms with E-state index in [1.165, 1.54) is 0 Å². The van der Waals surface area contributed by atoms with Gasteiger partial charge in [-0.25, -0.2) is 0 Å². The normalized spacial score (nSPS) is 11.2. The summed E-state index contributed by atoms with van der Waals surface area (Å²) >= 11 is 0. The van der Waals surface area contributed by atoms with Gasteiger partial charge in [-0.15, -0.1) is 0 Å². The third kappa shape index (κ3) is 3.33. The molecule has 1 aromatic heterocycles. The Kier molecular flexibility index (Phi) is 4.05. The zero-order valence-electron chi connectivity index (χ0n) is 10.5. The van der Waals surface area contributed by atoms with Gasteiger partial charge >= 0.3 is 0 Å². The van der Waals surface area contributed by atoms with Gasteiger partial charge in [0.1, 0.15) is 0 Å². The van der Waals surface area contributed by atoms with Crippen molar-refractivity contribution in [2.75, 3.05) is 6.54 Å². The highest BCUT2D eigenvalue weighted by atomic mass is 16.1. The third-order valence-electron chi connectivity index (χ3n) is 2.33. The molecule has 0 atom stereocenters. The van der Waals surface area contributed by atoms with Crippen molar-refractivity contribution in [2.24, 2.45) is 0 Å². The van der Waals surface area contributed by atoms with E-state index in [9.17, 15) is 4.79 Å². The van der Waals surface area contributed by atoms with E-state index in [2.05, 4.69) is 31.1 Å². The van der Waals surface area contributed by atoms with Gasteiger partial charge in [0.15, 0.2) is 0 Å². The highest BCUT2D eigenvalue weighted by Gasteiger charge is 2.16. The Balaban J connectivity index is 2.86. The van der Waals surface area contributed by atoms with Crippen LogP contribution in [-0.2, 0) is 5.41 Å². The summed E-state index contributed by atoms with van der Waals surface area (Å²) in [4.78, 5) is 16.0. The van der Waals surface area contributed by atoms with Crippen LogP contribution in [0.3, 0.4) is 0 Å². The average molecular weight is 220 g/mol. The van der Waals surface area contributed by atoms with Crippen molar-refractivity contribution in [3.63, 3.8) is 0 Å². The van der Waals surface area contributed by atoms with E-state index in [4.69, 9.17) is 0 Å². The number of rotatable bonds is 3. The molecule has 0 radical (unpaired) electrons. The molecule has 0 unspecified atom stereocenters. The molecule has 1 rings (SSSR count). The van der Waals surface area contributed by atoms with Crippen LogP contribution >= 0.6 is 0 Å². The Bertz CT molecular complexity index is 366. The monoisotopic (exact) mass is 220 g/mol. The molecule has 0 aliphatic rings. The van der Waals surface area contributed by atoms with E-state index in [0.29, 0.717) is 12.1 Å². The van der Waals surface area contributed by atoms with Crippen LogP contribution in [0.5, 0.6) is 0 Å². The number of amides is 1. The summed E-state index contributed by atoms with van der Waals surface area (Å²) in [6.45, 7) is 9.01. The van der Waals surface area contributed by atoms with Crippen molar-refractivity contribution in [1.82, 2.24) is 10.3 Å². The topological polar surface area (TPSA) is 42.0 Å². The molecule has 0 fully saturated rings. The zero-order chi connectivity index (χ0) is 12.2. The van der Waals surface area contributed by atoms with Crippen molar-refractivity contribution < 1.29 is 4.79 Å². The van der Waals surface area contributed by atoms with Gasteiger partial charge in [0.05, 0.1) is 0 Å². The Morgan fingerprint density at radius 1 is 1.44 bits per heavy atom. The maximum Gasteiger partial charge on any atom is 0.251 e. The molecule has 1 amide bonds. The molecule has 1 aromatic rings. The first-order valence-electron chi connectivity index (χ1n) is 5.70. The molecule has 0 spiro atoms. The lowest BCUT2D eigenvalue weighted by molar-refractivity contribution is 0.0953. The Hall–Kier alpha value is -1.38. The highest BCUT2D eigenvalue weighted by Crippen LogP contribution is 2.20. The summed E-state index contributed by atoms with van der Waals surface area (Å²) in [5.74, 6) is -0.0187. The van der Waals surface area contributed by atoms with Gasteiger partial charge in [0.25, 0.3) is 5.91 Å². The average Bonchev–Trinajstić information content (AvgIpc) is 2.25. The Labute approximate surface area is 97.3 Å². The van der Waals surface area contributed by atoms with Crippen molar-refractivity contribution >= 4 is 5.91 Å². The van der Waals surface area contributed by atoms with Gasteiger partial charge in [-0.1, -0.05) is 27.7 Å². The number of nitrogens with zero attached hydrogens (tertiary/aromatic N) is 1. The van der Waals surface area contributed by atoms with Gasteiger partial charge in [0, 0.05) is 29.4 Å². The number of hydrogen-bond donors (Lipinski definition) is 1. The number of carbonyl (C=O) groups is 1. The first-order chi connectivity index (χ1) is 7.45. The van der Waals surface area contributed by atoms with Crippen LogP contribution in [0, 0.1) is 0 Å². The fraction of sp³-hybridized carbons (Fsp3) is 0.538. The third-order valence-corrected chi connectivity index (χ3v) is 2.33. The summed E-state index contributed by atoms with van der Waals surface area (Å²) in [7, 11) is 0. The van der Waals surface area contributed by atoms with Crippen LogP contribution in [-0.4, -0.2) is 17.4 Å². The minimum absolute atomic E-state index is 0.0187. The van der Waals surface area contributed by atoms with Crippen LogP contribution in [0.1, 0.15) is 50.2 Å². The first-order valence-corrected chi connectivity index (χ1v) is 5.70. The molecular formula is C13H20N2O. The van der Waals surface area contributed by atoms with E-state index in [-0.39, 0.29) is 11.3 Å². The van der Waals surface area contributed by atoms with Crippen molar-refractivity contribution in [1.29, 1.82) is 0 Å². The molecule has 0 saturated heterocycles. The van der Waals surface area contributed by atoms with Crippen molar-refractivity contribution in [3.8, 4) is 0 Å². The standard InChI is InChI=1S/C13H20N2O/c1-5-7-15-12(16)10-6-8-14-11(9-10)13(2,3)4/h6,8-9H,5,7H2,1-4H3,(H,15,16). The van der Waals surface area contributed by atoms with Crippen LogP contribution in [0.2, 0.25) is 0 Å². The van der Waals surface area contributed by atoms with Crippen LogP contribution in [0.4, 0.5) is 0 Å². The maximum absolute atomic E-state index is 11.7. The molecule has 0 aromatic carbocycles. The first kappa shape index (κ1) is 12.7. The molecule has 0 aliphatic heterocycles. The molecule has 0 saturated carbocycles. The van der Waals surface area contributed by atoms with Crippen LogP contribution in [0.15, 0.2) is 18.3 Å². The largest absolute Gasteiger partial charge is 0.352 e. The van der Waals surface area contributed by atoms with E-state index in [1.54, 1.807) is 12.3 Å². The predicted molar refractivity (Wildman–Crippen MR) is 65.6 cm³/mol. The summed E-state index contributed by atoms with van der Waals surface area (Å²) in [6.07, 6.45) is 2.64. The lowest BCUT2D eigenvalue weighted by Crippen LogP contribution is -2.25. The lowest BCUT2D eigenvalue weighted by Gasteiger charge is -2.18. The van der Waals surface area contributed by atoms with Crippen LogP contribution < -0.4 is 5.32 Å². The maximum atomic E-state index is 11.7. The number of hydrogen-bond acceptors (Lipinski definition) is 2. The number of nitrogens with one attached hydrogen (secondary N) is 1. The second kappa shape index (κ2) is 5.10. The summed E-state index contributed by atoms with van der Waals surface area (Å²) < 4.78 is 0. The molecule has 0 aliphatic carbocycles. The van der Waals surface area contributed by atoms with Gasteiger partial charge in [-0.05, 0) is 18.6 Å². The van der Waals surface area contributed by atoms with Crippen molar-refractivity contribution in [2.45, 2.75) is 39.5 Å². The van der Waals surface area contributed by atoms with Gasteiger partial charge in [0.2, 0.25) is 0 Å². The lowest BCUT2D eigenvalue weighted by atomic mass is 9.91. The quantitative estimate of drug-likeness (QED) is 0.850. The van der Waals surface area contributed by atoms with E-state index in [0.717, 1.165) is 12.1 Å². The van der Waals surface area contributed by atoms with Gasteiger partial charge < -0.3 is 5.32 Å². The van der Waals surface area contributed by atoms with E-state index >= 15 is 0 Å². The van der Waals surface area contributed by atoms with Gasteiger partial charge in [-0.2, -0.15) is 0 Å². The molecular weight excluding hydrogens is 200 g/mol. The fourth-order valence-corrected chi connectivity index (χ4v) is 1.32. The Morgan fingerprint density at radius 2 is 2.12 bits per heavy atom. The second-order valence-electron chi connectivity index (χ2n) is 4.94. The zero-order valence-corrected chi connectivity index (χ0v) is 10.5. The molecule has 16 heavy (non-hydrogen) atoms. The predicted octanol–water partition coefficient (Wildman–Crippen LogP) is 2.52. The minimum atomic E-state index is -0.0267. The molecule has 1 heterocycles. The molecule has 3 heteroatoms. The van der Waals surface area contributed by atoms with Gasteiger partial charge in [-0.3, -0.25) is 9.78 Å². The number of pyridine rings is 1. The molecule has 3 nitrogen and oxygen atoms in total. The summed E-state index contributed by atoms with van der Waals surface area (Å²) in [6, 6.07) is 3.62. The number of aromatic nitrogens is 1. The number of carbonyl (C=O) groups excluding carboxylic acids is 1. The molecule has 0 bridgehead atoms. The smallest absolute Gasteiger partial charge is 0.251 e. The van der Waals surface area contributed by atoms with Crippen LogP contribution in [0.25, 0.3) is 0 Å². The summed E-state index contributed by atoms with van der Waals surface area (Å²) in [5, 5.41) is 2.86. The van der Waals surface area contributed by atoms with E-state index in [1.807, 2.05) is 13.0 Å². The van der Waals surface area contributed by atoms with E-state index < -0.39 is 0 Å². The summed E-state index contributed by atoms with van der Waals surface area (Å²) in [5.41, 5.74) is 1.60. The fourth-order valence-electron chi connectivity index (χ4n) is 1.32. The second-order valence-corrected chi connectivity index (χ2v) is 4.94. The molecule has 88 valence electrons.